The zero-order valence-electron chi connectivity index (χ0n) is 19.5. The molecule has 1 fully saturated rings. The lowest BCUT2D eigenvalue weighted by molar-refractivity contribution is -0.139. The first kappa shape index (κ1) is 21.7. The van der Waals surface area contributed by atoms with Crippen LogP contribution in [0.2, 0.25) is 0 Å². The van der Waals surface area contributed by atoms with Crippen molar-refractivity contribution in [3.05, 3.63) is 65.4 Å². The highest BCUT2D eigenvalue weighted by Gasteiger charge is 2.45. The highest BCUT2D eigenvalue weighted by Crippen LogP contribution is 2.40. The van der Waals surface area contributed by atoms with Crippen molar-refractivity contribution in [2.75, 3.05) is 11.4 Å². The van der Waals surface area contributed by atoms with E-state index in [0.717, 1.165) is 49.1 Å². The third-order valence-corrected chi connectivity index (χ3v) is 6.95. The Labute approximate surface area is 196 Å². The van der Waals surface area contributed by atoms with Crippen LogP contribution in [0.3, 0.4) is 0 Å². The first-order valence-corrected chi connectivity index (χ1v) is 12.3. The molecule has 0 spiro atoms. The van der Waals surface area contributed by atoms with Crippen LogP contribution in [0, 0.1) is 0 Å². The number of carbonyl (C=O) groups excluding carboxylic acids is 2. The Morgan fingerprint density at radius 3 is 2.27 bits per heavy atom. The molecular weight excluding hydrogens is 412 g/mol. The van der Waals surface area contributed by atoms with E-state index in [0.29, 0.717) is 17.8 Å². The average Bonchev–Trinajstić information content (AvgIpc) is 3.19. The van der Waals surface area contributed by atoms with E-state index in [1.54, 1.807) is 4.90 Å². The van der Waals surface area contributed by atoms with Gasteiger partial charge in [-0.2, -0.15) is 0 Å². The predicted octanol–water partition coefficient (Wildman–Crippen LogP) is 5.34. The number of benzene rings is 2. The number of fused-ring (bicyclic) bond motifs is 1. The second kappa shape index (κ2) is 9.05. The summed E-state index contributed by atoms with van der Waals surface area (Å²) in [7, 11) is 0. The fourth-order valence-corrected chi connectivity index (χ4v) is 5.44. The molecule has 1 saturated carbocycles. The van der Waals surface area contributed by atoms with E-state index in [4.69, 9.17) is 4.74 Å². The lowest BCUT2D eigenvalue weighted by Crippen LogP contribution is -2.42. The number of ether oxygens (including phenoxy) is 1. The zero-order valence-corrected chi connectivity index (χ0v) is 19.5. The Morgan fingerprint density at radius 2 is 1.58 bits per heavy atom. The summed E-state index contributed by atoms with van der Waals surface area (Å²) in [6.45, 7) is 4.69. The van der Waals surface area contributed by atoms with Gasteiger partial charge in [-0.3, -0.25) is 14.5 Å². The first-order chi connectivity index (χ1) is 16.0. The third-order valence-electron chi connectivity index (χ3n) is 6.95. The summed E-state index contributed by atoms with van der Waals surface area (Å²) < 4.78 is 5.79. The van der Waals surface area contributed by atoms with Crippen LogP contribution in [-0.4, -0.2) is 35.4 Å². The molecule has 0 bridgehead atoms. The summed E-state index contributed by atoms with van der Waals surface area (Å²) >= 11 is 0. The number of anilines is 1. The molecule has 2 heterocycles. The van der Waals surface area contributed by atoms with E-state index in [1.807, 2.05) is 50.2 Å². The van der Waals surface area contributed by atoms with Gasteiger partial charge in [0.1, 0.15) is 11.4 Å². The topological polar surface area (TPSA) is 49.9 Å². The maximum Gasteiger partial charge on any atom is 0.278 e. The molecule has 0 aromatic heterocycles. The van der Waals surface area contributed by atoms with Crippen LogP contribution in [0.1, 0.15) is 63.5 Å². The van der Waals surface area contributed by atoms with Crippen LogP contribution in [0.4, 0.5) is 5.69 Å². The first-order valence-electron chi connectivity index (χ1n) is 12.3. The molecule has 33 heavy (non-hydrogen) atoms. The lowest BCUT2D eigenvalue weighted by atomic mass is 10.0. The number of amides is 2. The largest absolute Gasteiger partial charge is 0.491 e. The van der Waals surface area contributed by atoms with Gasteiger partial charge >= 0.3 is 0 Å². The Morgan fingerprint density at radius 1 is 0.879 bits per heavy atom. The van der Waals surface area contributed by atoms with E-state index >= 15 is 0 Å². The minimum absolute atomic E-state index is 0.0126. The van der Waals surface area contributed by atoms with Crippen molar-refractivity contribution in [1.82, 2.24) is 4.90 Å². The van der Waals surface area contributed by atoms with Crippen molar-refractivity contribution >= 4 is 23.1 Å². The van der Waals surface area contributed by atoms with Crippen LogP contribution < -0.4 is 9.64 Å². The van der Waals surface area contributed by atoms with Gasteiger partial charge in [-0.15, -0.1) is 0 Å². The quantitative estimate of drug-likeness (QED) is 0.461. The summed E-state index contributed by atoms with van der Waals surface area (Å²) in [6, 6.07) is 15.8. The molecule has 172 valence electrons. The summed E-state index contributed by atoms with van der Waals surface area (Å²) in [6.07, 6.45) is 7.24. The van der Waals surface area contributed by atoms with Gasteiger partial charge in [0, 0.05) is 18.3 Å². The van der Waals surface area contributed by atoms with Gasteiger partial charge in [-0.05, 0) is 62.4 Å². The van der Waals surface area contributed by atoms with Crippen molar-refractivity contribution in [2.45, 2.75) is 70.9 Å². The highest BCUT2D eigenvalue weighted by atomic mass is 16.5. The van der Waals surface area contributed by atoms with E-state index in [9.17, 15) is 9.59 Å². The second-order valence-electron chi connectivity index (χ2n) is 9.57. The molecule has 2 aliphatic heterocycles. The minimum atomic E-state index is -0.149. The van der Waals surface area contributed by atoms with Crippen LogP contribution in [0.5, 0.6) is 5.75 Å². The predicted molar refractivity (Wildman–Crippen MR) is 130 cm³/mol. The number of nitrogens with zero attached hydrogens (tertiary/aromatic N) is 2. The molecule has 2 aromatic rings. The SMILES string of the molecule is CC(C)Oc1ccc(C2=C(N3CCc4ccccc43)C(=O)N(C3CCCCCC3)C2=O)cc1. The van der Waals surface area contributed by atoms with E-state index in [1.165, 1.54) is 18.4 Å². The maximum atomic E-state index is 13.9. The van der Waals surface area contributed by atoms with Crippen molar-refractivity contribution in [3.8, 4) is 5.75 Å². The maximum absolute atomic E-state index is 13.9. The van der Waals surface area contributed by atoms with Crippen LogP contribution in [-0.2, 0) is 16.0 Å². The molecule has 0 saturated heterocycles. The summed E-state index contributed by atoms with van der Waals surface area (Å²) in [5.74, 6) is 0.477. The molecule has 5 rings (SSSR count). The zero-order chi connectivity index (χ0) is 22.9. The fourth-order valence-electron chi connectivity index (χ4n) is 5.44. The summed E-state index contributed by atoms with van der Waals surface area (Å²) in [5.41, 5.74) is 4.09. The average molecular weight is 445 g/mol. The standard InChI is InChI=1S/C28H32N2O3/c1-19(2)33-23-15-13-21(14-16-23)25-26(29-18-17-20-9-7-8-12-24(20)29)28(32)30(27(25)31)22-10-5-3-4-6-11-22/h7-9,12-16,19,22H,3-6,10-11,17-18H2,1-2H3. The number of carbonyl (C=O) groups is 2. The lowest BCUT2D eigenvalue weighted by Gasteiger charge is -2.27. The molecule has 5 nitrogen and oxygen atoms in total. The fraction of sp³-hybridized carbons (Fsp3) is 0.429. The van der Waals surface area contributed by atoms with Crippen LogP contribution >= 0.6 is 0 Å². The van der Waals surface area contributed by atoms with Crippen molar-refractivity contribution < 1.29 is 14.3 Å². The molecule has 3 aliphatic rings. The van der Waals surface area contributed by atoms with E-state index in [2.05, 4.69) is 17.0 Å². The summed E-state index contributed by atoms with van der Waals surface area (Å²) in [5, 5.41) is 0. The molecule has 5 heteroatoms. The van der Waals surface area contributed by atoms with Gasteiger partial charge in [0.05, 0.1) is 11.7 Å². The summed E-state index contributed by atoms with van der Waals surface area (Å²) in [4.78, 5) is 31.4. The molecular formula is C28H32N2O3. The van der Waals surface area contributed by atoms with Crippen molar-refractivity contribution in [3.63, 3.8) is 0 Å². The minimum Gasteiger partial charge on any atom is -0.491 e. The van der Waals surface area contributed by atoms with Gasteiger partial charge in [-0.1, -0.05) is 56.0 Å². The second-order valence-corrected chi connectivity index (χ2v) is 9.57. The molecule has 2 aromatic carbocycles. The van der Waals surface area contributed by atoms with E-state index in [-0.39, 0.29) is 24.0 Å². The molecule has 1 aliphatic carbocycles. The Bertz CT molecular complexity index is 1080. The van der Waals surface area contributed by atoms with Gasteiger partial charge in [-0.25, -0.2) is 0 Å². The number of hydrogen-bond acceptors (Lipinski definition) is 4. The number of rotatable bonds is 5. The molecule has 0 atom stereocenters. The Kier molecular flexibility index (Phi) is 5.96. The van der Waals surface area contributed by atoms with Gasteiger partial charge in [0.2, 0.25) is 0 Å². The highest BCUT2D eigenvalue weighted by molar-refractivity contribution is 6.37. The number of imide groups is 1. The smallest absolute Gasteiger partial charge is 0.278 e. The van der Waals surface area contributed by atoms with Gasteiger partial charge in [0.15, 0.2) is 0 Å². The molecule has 0 unspecified atom stereocenters. The van der Waals surface area contributed by atoms with Crippen LogP contribution in [0.15, 0.2) is 54.2 Å². The van der Waals surface area contributed by atoms with Gasteiger partial charge in [0.25, 0.3) is 11.8 Å². The van der Waals surface area contributed by atoms with E-state index < -0.39 is 0 Å². The third kappa shape index (κ3) is 4.05. The number of para-hydroxylation sites is 1. The Balaban J connectivity index is 1.57. The molecule has 2 amide bonds. The normalized spacial score (nSPS) is 19.5. The van der Waals surface area contributed by atoms with Gasteiger partial charge < -0.3 is 9.64 Å². The monoisotopic (exact) mass is 444 g/mol. The molecule has 0 radical (unpaired) electrons. The van der Waals surface area contributed by atoms with Crippen molar-refractivity contribution in [1.29, 1.82) is 0 Å². The number of hydrogen-bond donors (Lipinski definition) is 0. The van der Waals surface area contributed by atoms with Crippen LogP contribution in [0.25, 0.3) is 5.57 Å². The van der Waals surface area contributed by atoms with Crippen molar-refractivity contribution in [2.24, 2.45) is 0 Å². The molecule has 0 N–H and O–H groups in total. The Hall–Kier alpha value is -3.08.